The van der Waals surface area contributed by atoms with Gasteiger partial charge in [-0.2, -0.15) is 0 Å². The predicted molar refractivity (Wildman–Crippen MR) is 176 cm³/mol. The van der Waals surface area contributed by atoms with Crippen LogP contribution in [0.5, 0.6) is 0 Å². The largest absolute Gasteiger partial charge is 0.388 e. The van der Waals surface area contributed by atoms with E-state index in [1.807, 2.05) is 31.3 Å². The van der Waals surface area contributed by atoms with Crippen molar-refractivity contribution in [2.45, 2.75) is 72.6 Å². The summed E-state index contributed by atoms with van der Waals surface area (Å²) in [5, 5.41) is 3.84. The standard InChI is InChI=1S/C27H30ClFN2.C9H20/c1-6-18(2)19(3)24-16-25(26(28)17-27(24)30-5)20(4)31-13-11-22(12-14-31)15-21-7-9-23(29)10-8-21;1-5-6-7-8-9(2,3)4/h6-10,16-17,22,30H,1-4,11-15H2,5H3;5-8H2,1-4H3. The van der Waals surface area contributed by atoms with Crippen LogP contribution in [0.4, 0.5) is 10.1 Å². The zero-order chi connectivity index (χ0) is 29.9. The lowest BCUT2D eigenvalue weighted by atomic mass is 9.89. The molecule has 0 unspecified atom stereocenters. The molecule has 0 aliphatic carbocycles. The Hall–Kier alpha value is -2.78. The summed E-state index contributed by atoms with van der Waals surface area (Å²) in [6.45, 7) is 27.4. The lowest BCUT2D eigenvalue weighted by Gasteiger charge is -2.35. The molecule has 0 bridgehead atoms. The van der Waals surface area contributed by atoms with Gasteiger partial charge in [-0.15, -0.1) is 0 Å². The maximum Gasteiger partial charge on any atom is 0.123 e. The van der Waals surface area contributed by atoms with Gasteiger partial charge in [0.2, 0.25) is 0 Å². The fraction of sp³-hybridized carbons (Fsp3) is 0.444. The molecule has 1 fully saturated rings. The Morgan fingerprint density at radius 3 is 2.20 bits per heavy atom. The molecular formula is C36H50ClFN2. The van der Waals surface area contributed by atoms with Gasteiger partial charge >= 0.3 is 0 Å². The molecule has 4 heteroatoms. The van der Waals surface area contributed by atoms with Gasteiger partial charge in [0.1, 0.15) is 5.82 Å². The smallest absolute Gasteiger partial charge is 0.123 e. The van der Waals surface area contributed by atoms with Crippen LogP contribution in [0.25, 0.3) is 11.3 Å². The van der Waals surface area contributed by atoms with Crippen LogP contribution in [0, 0.1) is 17.2 Å². The maximum atomic E-state index is 13.1. The van der Waals surface area contributed by atoms with E-state index < -0.39 is 0 Å². The first-order chi connectivity index (χ1) is 18.9. The van der Waals surface area contributed by atoms with Crippen molar-refractivity contribution in [1.29, 1.82) is 0 Å². The van der Waals surface area contributed by atoms with Gasteiger partial charge in [-0.1, -0.05) is 103 Å². The first kappa shape index (κ1) is 33.4. The van der Waals surface area contributed by atoms with Crippen LogP contribution in [-0.2, 0) is 6.42 Å². The SMILES string of the molecule is C=CC(=C)C(=C)c1cc(C(=C)N2CCC(Cc3ccc(F)cc3)CC2)c(Cl)cc1NC.CCCCCC(C)(C)C. The zero-order valence-electron chi connectivity index (χ0n) is 25.5. The number of anilines is 1. The third-order valence-electron chi connectivity index (χ3n) is 7.61. The third-order valence-corrected chi connectivity index (χ3v) is 7.92. The number of nitrogens with one attached hydrogen (secondary N) is 1. The average molecular weight is 565 g/mol. The molecule has 2 nitrogen and oxygen atoms in total. The van der Waals surface area contributed by atoms with Crippen molar-refractivity contribution in [1.82, 2.24) is 4.90 Å². The number of piperidine rings is 1. The van der Waals surface area contributed by atoms with Gasteiger partial charge in [0.05, 0.1) is 5.02 Å². The minimum absolute atomic E-state index is 0.185. The van der Waals surface area contributed by atoms with Crippen LogP contribution in [0.3, 0.4) is 0 Å². The highest BCUT2D eigenvalue weighted by Crippen LogP contribution is 2.37. The molecule has 1 saturated heterocycles. The quantitative estimate of drug-likeness (QED) is 0.215. The first-order valence-electron chi connectivity index (χ1n) is 14.6. The summed E-state index contributed by atoms with van der Waals surface area (Å²) in [6, 6.07) is 10.8. The number of halogens is 2. The number of hydrogen-bond acceptors (Lipinski definition) is 2. The van der Waals surface area contributed by atoms with Crippen LogP contribution >= 0.6 is 11.6 Å². The fourth-order valence-electron chi connectivity index (χ4n) is 4.98. The van der Waals surface area contributed by atoms with Crippen LogP contribution < -0.4 is 5.32 Å². The van der Waals surface area contributed by atoms with Crippen LogP contribution in [-0.4, -0.2) is 25.0 Å². The van der Waals surface area contributed by atoms with E-state index in [-0.39, 0.29) is 5.82 Å². The van der Waals surface area contributed by atoms with Gasteiger partial charge in [0.25, 0.3) is 0 Å². The second-order valence-electron chi connectivity index (χ2n) is 12.1. The Morgan fingerprint density at radius 1 is 1.05 bits per heavy atom. The molecule has 2 aromatic carbocycles. The van der Waals surface area contributed by atoms with E-state index >= 15 is 0 Å². The molecule has 218 valence electrons. The Bertz CT molecular complexity index is 1150. The normalized spacial score (nSPS) is 13.7. The summed E-state index contributed by atoms with van der Waals surface area (Å²) in [7, 11) is 1.86. The van der Waals surface area contributed by atoms with E-state index in [9.17, 15) is 4.39 Å². The Labute approximate surface area is 248 Å². The van der Waals surface area contributed by atoms with Crippen LogP contribution in [0.1, 0.15) is 82.9 Å². The molecule has 1 N–H and O–H groups in total. The second kappa shape index (κ2) is 15.9. The highest BCUT2D eigenvalue weighted by Gasteiger charge is 2.23. The first-order valence-corrected chi connectivity index (χ1v) is 15.0. The molecule has 0 amide bonds. The van der Waals surface area contributed by atoms with E-state index in [1.54, 1.807) is 6.08 Å². The van der Waals surface area contributed by atoms with Crippen molar-refractivity contribution >= 4 is 28.6 Å². The van der Waals surface area contributed by atoms with Gasteiger partial charge in [0, 0.05) is 42.6 Å². The predicted octanol–water partition coefficient (Wildman–Crippen LogP) is 10.8. The summed E-state index contributed by atoms with van der Waals surface area (Å²) in [5.41, 5.74) is 6.99. The summed E-state index contributed by atoms with van der Waals surface area (Å²) >= 11 is 6.63. The number of hydrogen-bond donors (Lipinski definition) is 1. The van der Waals surface area contributed by atoms with Crippen LogP contribution in [0.2, 0.25) is 5.02 Å². The number of unbranched alkanes of at least 4 members (excludes halogenated alkanes) is 2. The number of likely N-dealkylation sites (tertiary alicyclic amines) is 1. The van der Waals surface area contributed by atoms with Crippen LogP contribution in [0.15, 0.2) is 74.4 Å². The third kappa shape index (κ3) is 10.3. The molecule has 40 heavy (non-hydrogen) atoms. The molecule has 0 radical (unpaired) electrons. The molecule has 3 rings (SSSR count). The number of benzene rings is 2. The van der Waals surface area contributed by atoms with Gasteiger partial charge < -0.3 is 10.2 Å². The number of rotatable bonds is 11. The van der Waals surface area contributed by atoms with Crippen molar-refractivity contribution < 1.29 is 4.39 Å². The highest BCUT2D eigenvalue weighted by molar-refractivity contribution is 6.32. The Morgan fingerprint density at radius 2 is 1.68 bits per heavy atom. The highest BCUT2D eigenvalue weighted by atomic mass is 35.5. The minimum Gasteiger partial charge on any atom is -0.388 e. The molecule has 2 aromatic rings. The van der Waals surface area contributed by atoms with E-state index in [4.69, 9.17) is 11.6 Å². The topological polar surface area (TPSA) is 15.3 Å². The summed E-state index contributed by atoms with van der Waals surface area (Å²) < 4.78 is 13.1. The molecule has 1 heterocycles. The molecule has 0 saturated carbocycles. The zero-order valence-corrected chi connectivity index (χ0v) is 26.3. The second-order valence-corrected chi connectivity index (χ2v) is 12.5. The molecular weight excluding hydrogens is 515 g/mol. The lowest BCUT2D eigenvalue weighted by molar-refractivity contribution is 0.254. The lowest BCUT2D eigenvalue weighted by Crippen LogP contribution is -2.33. The Kier molecular flexibility index (Phi) is 13.3. The van der Waals surface area contributed by atoms with E-state index in [1.165, 1.54) is 43.4 Å². The van der Waals surface area contributed by atoms with Crippen molar-refractivity contribution in [2.24, 2.45) is 11.3 Å². The average Bonchev–Trinajstić information content (AvgIpc) is 2.93. The van der Waals surface area contributed by atoms with E-state index in [0.29, 0.717) is 16.4 Å². The van der Waals surface area contributed by atoms with E-state index in [2.05, 4.69) is 64.2 Å². The number of nitrogens with zero attached hydrogens (tertiary/aromatic N) is 1. The minimum atomic E-state index is -0.185. The Balaban J connectivity index is 0.000000536. The van der Waals surface area contributed by atoms with Gasteiger partial charge in [-0.25, -0.2) is 4.39 Å². The monoisotopic (exact) mass is 564 g/mol. The van der Waals surface area contributed by atoms with Crippen molar-refractivity contribution in [3.63, 3.8) is 0 Å². The molecule has 0 atom stereocenters. The summed E-state index contributed by atoms with van der Waals surface area (Å²) in [4.78, 5) is 2.30. The maximum absolute atomic E-state index is 13.1. The molecule has 1 aliphatic rings. The van der Waals surface area contributed by atoms with Gasteiger partial charge in [0.15, 0.2) is 0 Å². The summed E-state index contributed by atoms with van der Waals surface area (Å²) in [6.07, 6.45) is 10.3. The molecule has 0 spiro atoms. The molecule has 0 aromatic heterocycles. The van der Waals surface area contributed by atoms with Crippen molar-refractivity contribution in [3.8, 4) is 0 Å². The molecule has 1 aliphatic heterocycles. The van der Waals surface area contributed by atoms with E-state index in [0.717, 1.165) is 66.0 Å². The van der Waals surface area contributed by atoms with Gasteiger partial charge in [-0.3, -0.25) is 0 Å². The fourth-order valence-corrected chi connectivity index (χ4v) is 5.26. The van der Waals surface area contributed by atoms with Crippen molar-refractivity contribution in [3.05, 3.63) is 102 Å². The van der Waals surface area contributed by atoms with Gasteiger partial charge in [-0.05, 0) is 78.0 Å². The van der Waals surface area contributed by atoms with Crippen molar-refractivity contribution in [2.75, 3.05) is 25.5 Å². The number of allylic oxidation sites excluding steroid dienone is 3. The summed E-state index contributed by atoms with van der Waals surface area (Å²) in [5.74, 6) is 0.401.